The fourth-order valence-corrected chi connectivity index (χ4v) is 3.34. The van der Waals surface area contributed by atoms with E-state index in [-0.39, 0.29) is 0 Å². The minimum atomic E-state index is 0.513. The number of aromatic nitrogens is 1. The van der Waals surface area contributed by atoms with Crippen molar-refractivity contribution in [2.24, 2.45) is 5.10 Å². The highest BCUT2D eigenvalue weighted by atomic mass is 32.1. The average molecular weight is 407 g/mol. The zero-order valence-electron chi connectivity index (χ0n) is 16.6. The maximum atomic E-state index is 6.05. The van der Waals surface area contributed by atoms with Crippen LogP contribution in [-0.2, 0) is 13.0 Å². The summed E-state index contributed by atoms with van der Waals surface area (Å²) in [4.78, 5) is 0. The Balaban J connectivity index is 1.71. The van der Waals surface area contributed by atoms with Gasteiger partial charge in [0.1, 0.15) is 12.4 Å². The number of para-hydroxylation sites is 2. The first-order chi connectivity index (χ1) is 14.2. The van der Waals surface area contributed by atoms with E-state index in [2.05, 4.69) is 51.4 Å². The number of nitrogens with zero attached hydrogens (tertiary/aromatic N) is 2. The lowest BCUT2D eigenvalue weighted by atomic mass is 10.1. The zero-order chi connectivity index (χ0) is 20.5. The van der Waals surface area contributed by atoms with Gasteiger partial charge < -0.3 is 14.6 Å². The molecule has 0 saturated heterocycles. The van der Waals surface area contributed by atoms with Crippen LogP contribution in [0.25, 0.3) is 10.9 Å². The number of rotatable bonds is 9. The number of hydrazone groups is 1. The maximum absolute atomic E-state index is 6.05. The first kappa shape index (κ1) is 20.6. The Morgan fingerprint density at radius 3 is 2.83 bits per heavy atom. The molecule has 0 aliphatic heterocycles. The highest BCUT2D eigenvalue weighted by Crippen LogP contribution is 2.21. The summed E-state index contributed by atoms with van der Waals surface area (Å²) in [6.07, 6.45) is 6.57. The van der Waals surface area contributed by atoms with Crippen molar-refractivity contribution in [2.75, 3.05) is 13.2 Å². The van der Waals surface area contributed by atoms with Crippen LogP contribution >= 0.6 is 12.2 Å². The Hall–Kier alpha value is -3.12. The number of allylic oxidation sites excluding steroid dienone is 1. The van der Waals surface area contributed by atoms with E-state index in [0.717, 1.165) is 47.3 Å². The van der Waals surface area contributed by atoms with Crippen LogP contribution in [0.2, 0.25) is 0 Å². The lowest BCUT2D eigenvalue weighted by molar-refractivity contribution is 0.298. The fraction of sp³-hybridized carbons (Fsp3) is 0.217. The molecule has 0 radical (unpaired) electrons. The Morgan fingerprint density at radius 1 is 1.21 bits per heavy atom. The van der Waals surface area contributed by atoms with Gasteiger partial charge >= 0.3 is 0 Å². The second kappa shape index (κ2) is 10.4. The van der Waals surface area contributed by atoms with Gasteiger partial charge in [0.2, 0.25) is 0 Å². The van der Waals surface area contributed by atoms with Crippen LogP contribution in [0.5, 0.6) is 5.75 Å². The molecule has 0 unspecified atom stereocenters. The molecule has 5 nitrogen and oxygen atoms in total. The van der Waals surface area contributed by atoms with Crippen LogP contribution in [0.15, 0.2) is 72.5 Å². The molecule has 1 aromatic heterocycles. The van der Waals surface area contributed by atoms with Gasteiger partial charge in [-0.3, -0.25) is 5.43 Å². The molecule has 1 heterocycles. The zero-order valence-corrected chi connectivity index (χ0v) is 17.4. The minimum Gasteiger partial charge on any atom is -0.491 e. The standard InChI is InChI=1S/C23H26N4OS/c1-3-9-18-10-5-8-13-22(18)28-15-14-27-17-19(16-25-26-23(29)24-4-2)20-11-6-7-12-21(20)27/h3,5-8,10-13,16-17H,1,4,9,14-15H2,2H3,(H2,24,26,29)/b25-16-. The summed E-state index contributed by atoms with van der Waals surface area (Å²) < 4.78 is 8.24. The normalized spacial score (nSPS) is 10.9. The first-order valence-electron chi connectivity index (χ1n) is 9.69. The van der Waals surface area contributed by atoms with Crippen LogP contribution in [0.4, 0.5) is 0 Å². The Bertz CT molecular complexity index is 1010. The van der Waals surface area contributed by atoms with Crippen LogP contribution < -0.4 is 15.5 Å². The molecule has 0 bridgehead atoms. The molecule has 3 rings (SSSR count). The third-order valence-electron chi connectivity index (χ3n) is 4.45. The number of benzene rings is 2. The number of thiocarbonyl (C=S) groups is 1. The molecule has 2 N–H and O–H groups in total. The number of nitrogens with one attached hydrogen (secondary N) is 2. The van der Waals surface area contributed by atoms with E-state index >= 15 is 0 Å². The van der Waals surface area contributed by atoms with E-state index in [1.165, 1.54) is 0 Å². The van der Waals surface area contributed by atoms with E-state index in [9.17, 15) is 0 Å². The molecule has 29 heavy (non-hydrogen) atoms. The number of hydrogen-bond donors (Lipinski definition) is 2. The van der Waals surface area contributed by atoms with Crippen LogP contribution in [0.1, 0.15) is 18.1 Å². The summed E-state index contributed by atoms with van der Waals surface area (Å²) in [5.41, 5.74) is 6.16. The predicted molar refractivity (Wildman–Crippen MR) is 125 cm³/mol. The van der Waals surface area contributed by atoms with Gasteiger partial charge in [0, 0.05) is 29.2 Å². The van der Waals surface area contributed by atoms with Crippen molar-refractivity contribution in [1.29, 1.82) is 0 Å². The Morgan fingerprint density at radius 2 is 2.00 bits per heavy atom. The molecule has 0 aliphatic carbocycles. The van der Waals surface area contributed by atoms with Crippen molar-refractivity contribution >= 4 is 34.4 Å². The van der Waals surface area contributed by atoms with Gasteiger partial charge in [-0.1, -0.05) is 42.5 Å². The largest absolute Gasteiger partial charge is 0.491 e. The summed E-state index contributed by atoms with van der Waals surface area (Å²) in [5.74, 6) is 0.909. The van der Waals surface area contributed by atoms with Gasteiger partial charge in [-0.25, -0.2) is 0 Å². The number of hydrogen-bond acceptors (Lipinski definition) is 3. The fourth-order valence-electron chi connectivity index (χ4n) is 3.15. The van der Waals surface area contributed by atoms with E-state index in [1.54, 1.807) is 6.21 Å². The molecule has 150 valence electrons. The highest BCUT2D eigenvalue weighted by molar-refractivity contribution is 7.80. The molecule has 0 atom stereocenters. The van der Waals surface area contributed by atoms with Gasteiger partial charge in [0.05, 0.1) is 12.8 Å². The highest BCUT2D eigenvalue weighted by Gasteiger charge is 2.07. The first-order valence-corrected chi connectivity index (χ1v) is 10.1. The molecular weight excluding hydrogens is 380 g/mol. The van der Waals surface area contributed by atoms with Crippen LogP contribution in [0, 0.1) is 0 Å². The molecule has 2 aromatic carbocycles. The summed E-state index contributed by atoms with van der Waals surface area (Å²) in [7, 11) is 0. The maximum Gasteiger partial charge on any atom is 0.186 e. The van der Waals surface area contributed by atoms with E-state index in [1.807, 2.05) is 43.3 Å². The smallest absolute Gasteiger partial charge is 0.186 e. The number of ether oxygens (including phenoxy) is 1. The van der Waals surface area contributed by atoms with Crippen molar-refractivity contribution in [2.45, 2.75) is 19.9 Å². The molecule has 0 fully saturated rings. The summed E-state index contributed by atoms with van der Waals surface area (Å²) in [6.45, 7) is 7.88. The average Bonchev–Trinajstić information content (AvgIpc) is 3.08. The van der Waals surface area contributed by atoms with Gasteiger partial charge in [-0.15, -0.1) is 6.58 Å². The van der Waals surface area contributed by atoms with Crippen molar-refractivity contribution in [1.82, 2.24) is 15.3 Å². The molecular formula is C23H26N4OS. The lowest BCUT2D eigenvalue weighted by Crippen LogP contribution is -2.31. The van der Waals surface area contributed by atoms with Gasteiger partial charge in [-0.2, -0.15) is 5.10 Å². The third-order valence-corrected chi connectivity index (χ3v) is 4.69. The molecule has 0 saturated carbocycles. The van der Waals surface area contributed by atoms with Gasteiger partial charge in [-0.05, 0) is 43.3 Å². The van der Waals surface area contributed by atoms with Gasteiger partial charge in [0.15, 0.2) is 5.11 Å². The lowest BCUT2D eigenvalue weighted by Gasteiger charge is -2.11. The van der Waals surface area contributed by atoms with Crippen LogP contribution in [-0.4, -0.2) is 29.0 Å². The monoisotopic (exact) mass is 406 g/mol. The quantitative estimate of drug-likeness (QED) is 0.241. The van der Waals surface area contributed by atoms with Crippen molar-refractivity contribution in [3.05, 3.63) is 78.5 Å². The van der Waals surface area contributed by atoms with Crippen LogP contribution in [0.3, 0.4) is 0 Å². The second-order valence-corrected chi connectivity index (χ2v) is 6.88. The molecule has 0 spiro atoms. The Kier molecular flexibility index (Phi) is 7.41. The van der Waals surface area contributed by atoms with E-state index < -0.39 is 0 Å². The number of fused-ring (bicyclic) bond motifs is 1. The molecule has 0 aliphatic rings. The SMILES string of the molecule is C=CCc1ccccc1OCCn1cc(/C=N\NC(=S)NCC)c2ccccc21. The second-order valence-electron chi connectivity index (χ2n) is 6.47. The minimum absolute atomic E-state index is 0.513. The van der Waals surface area contributed by atoms with Crippen molar-refractivity contribution in [3.8, 4) is 5.75 Å². The van der Waals surface area contributed by atoms with Crippen molar-refractivity contribution < 1.29 is 4.74 Å². The van der Waals surface area contributed by atoms with Gasteiger partial charge in [0.25, 0.3) is 0 Å². The molecule has 6 heteroatoms. The summed E-state index contributed by atoms with van der Waals surface area (Å²) in [6, 6.07) is 16.4. The topological polar surface area (TPSA) is 50.6 Å². The van der Waals surface area contributed by atoms with E-state index in [4.69, 9.17) is 17.0 Å². The third kappa shape index (κ3) is 5.45. The predicted octanol–water partition coefficient (Wildman–Crippen LogP) is 4.27. The van der Waals surface area contributed by atoms with Crippen molar-refractivity contribution in [3.63, 3.8) is 0 Å². The molecule has 0 amide bonds. The Labute approximate surface area is 177 Å². The summed E-state index contributed by atoms with van der Waals surface area (Å²) in [5, 5.41) is 8.91. The van der Waals surface area contributed by atoms with E-state index in [0.29, 0.717) is 11.7 Å². The molecule has 3 aromatic rings. The summed E-state index contributed by atoms with van der Waals surface area (Å²) >= 11 is 5.14.